The summed E-state index contributed by atoms with van der Waals surface area (Å²) >= 11 is 3.53. The van der Waals surface area contributed by atoms with Gasteiger partial charge in [0, 0.05) is 6.20 Å². The zero-order valence-corrected chi connectivity index (χ0v) is 11.8. The Morgan fingerprint density at radius 2 is 1.94 bits per heavy atom. The summed E-state index contributed by atoms with van der Waals surface area (Å²) in [5, 5.41) is 8.47. The maximum absolute atomic E-state index is 4.27. The number of aromatic nitrogens is 3. The second-order valence-corrected chi connectivity index (χ2v) is 6.68. The zero-order valence-electron chi connectivity index (χ0n) is 10.2. The molecule has 4 heteroatoms. The molecule has 1 aliphatic carbocycles. The number of nitrogens with zero attached hydrogens (tertiary/aromatic N) is 3. The van der Waals surface area contributed by atoms with Crippen LogP contribution in [-0.2, 0) is 0 Å². The van der Waals surface area contributed by atoms with Gasteiger partial charge in [-0.2, -0.15) is 0 Å². The average molecular weight is 286 g/mol. The van der Waals surface area contributed by atoms with E-state index >= 15 is 0 Å². The Morgan fingerprint density at radius 3 is 2.44 bits per heavy atom. The van der Waals surface area contributed by atoms with Crippen LogP contribution in [0.1, 0.15) is 56.6 Å². The quantitative estimate of drug-likeness (QED) is 0.775. The van der Waals surface area contributed by atoms with Crippen molar-refractivity contribution in [1.29, 1.82) is 0 Å². The van der Waals surface area contributed by atoms with Crippen molar-refractivity contribution >= 4 is 15.9 Å². The largest absolute Gasteiger partial charge is 0.249 e. The van der Waals surface area contributed by atoms with Gasteiger partial charge in [0.1, 0.15) is 0 Å². The van der Waals surface area contributed by atoms with E-state index in [-0.39, 0.29) is 0 Å². The van der Waals surface area contributed by atoms with Crippen LogP contribution in [0.25, 0.3) is 0 Å². The molecular weight excluding hydrogens is 266 g/mol. The normalized spacial score (nSPS) is 32.6. The van der Waals surface area contributed by atoms with Gasteiger partial charge in [0.2, 0.25) is 0 Å². The Kier molecular flexibility index (Phi) is 3.67. The maximum Gasteiger partial charge on any atom is 0.0960 e. The second kappa shape index (κ2) is 4.86. The molecule has 0 radical (unpaired) electrons. The number of alkyl halides is 1. The van der Waals surface area contributed by atoms with Crippen LogP contribution < -0.4 is 0 Å². The van der Waals surface area contributed by atoms with E-state index in [2.05, 4.69) is 57.9 Å². The molecule has 0 amide bonds. The smallest absolute Gasteiger partial charge is 0.0960 e. The van der Waals surface area contributed by atoms with E-state index in [0.717, 1.165) is 17.5 Å². The van der Waals surface area contributed by atoms with Crippen LogP contribution in [-0.4, -0.2) is 15.0 Å². The van der Waals surface area contributed by atoms with Crippen LogP contribution >= 0.6 is 15.9 Å². The van der Waals surface area contributed by atoms with E-state index < -0.39 is 0 Å². The fraction of sp³-hybridized carbons (Fsp3) is 0.833. The predicted octanol–water partition coefficient (Wildman–Crippen LogP) is 3.73. The summed E-state index contributed by atoms with van der Waals surface area (Å²) in [5.41, 5.74) is 1.03. The third-order valence-electron chi connectivity index (χ3n) is 3.46. The molecule has 3 nitrogen and oxygen atoms in total. The van der Waals surface area contributed by atoms with Crippen LogP contribution in [0.2, 0.25) is 0 Å². The molecule has 3 unspecified atom stereocenters. The molecule has 0 aromatic carbocycles. The maximum atomic E-state index is 4.27. The molecule has 2 rings (SSSR count). The van der Waals surface area contributed by atoms with Gasteiger partial charge in [-0.05, 0) is 38.0 Å². The summed E-state index contributed by atoms with van der Waals surface area (Å²) in [6, 6.07) is 0.547. The van der Waals surface area contributed by atoms with Crippen molar-refractivity contribution < 1.29 is 0 Å². The van der Waals surface area contributed by atoms with Gasteiger partial charge in [0.25, 0.3) is 0 Å². The van der Waals surface area contributed by atoms with Gasteiger partial charge in [-0.1, -0.05) is 35.0 Å². The molecule has 0 aliphatic heterocycles. The van der Waals surface area contributed by atoms with Crippen molar-refractivity contribution in [2.45, 2.75) is 50.9 Å². The van der Waals surface area contributed by atoms with Gasteiger partial charge in [-0.15, -0.1) is 5.10 Å². The van der Waals surface area contributed by atoms with Gasteiger partial charge in [-0.25, -0.2) is 4.68 Å². The molecule has 1 aromatic rings. The summed E-state index contributed by atoms with van der Waals surface area (Å²) < 4.78 is 2.07. The Balaban J connectivity index is 2.10. The highest BCUT2D eigenvalue weighted by Gasteiger charge is 2.26. The molecule has 16 heavy (non-hydrogen) atoms. The molecule has 1 aliphatic rings. The molecule has 90 valence electrons. The van der Waals surface area contributed by atoms with Crippen molar-refractivity contribution in [3.63, 3.8) is 0 Å². The first-order valence-corrected chi connectivity index (χ1v) is 7.03. The highest BCUT2D eigenvalue weighted by Crippen LogP contribution is 2.35. The Morgan fingerprint density at radius 1 is 1.31 bits per heavy atom. The summed E-state index contributed by atoms with van der Waals surface area (Å²) in [6.07, 6.45) is 5.93. The molecule has 0 spiro atoms. The Bertz CT molecular complexity index is 338. The lowest BCUT2D eigenvalue weighted by Crippen LogP contribution is -2.23. The minimum absolute atomic E-state index is 0.291. The number of rotatable bonds is 2. The van der Waals surface area contributed by atoms with E-state index in [9.17, 15) is 0 Å². The standard InChI is InChI=1S/C12H20BrN3/c1-8-4-9(2)6-11(5-8)16-7-12(10(3)13)14-15-16/h7-11H,4-6H2,1-3H3. The number of hydrogen-bond acceptors (Lipinski definition) is 2. The van der Waals surface area contributed by atoms with Crippen LogP contribution in [0.4, 0.5) is 0 Å². The molecule has 1 aromatic heterocycles. The van der Waals surface area contributed by atoms with Crippen LogP contribution in [0.15, 0.2) is 6.20 Å². The van der Waals surface area contributed by atoms with Gasteiger partial charge in [0.15, 0.2) is 0 Å². The van der Waals surface area contributed by atoms with Crippen molar-refractivity contribution in [2.75, 3.05) is 0 Å². The first-order valence-electron chi connectivity index (χ1n) is 6.12. The van der Waals surface area contributed by atoms with Crippen LogP contribution in [0.3, 0.4) is 0 Å². The lowest BCUT2D eigenvalue weighted by Gasteiger charge is -2.31. The van der Waals surface area contributed by atoms with Crippen molar-refractivity contribution in [3.8, 4) is 0 Å². The summed E-state index contributed by atoms with van der Waals surface area (Å²) in [6.45, 7) is 6.77. The third kappa shape index (κ3) is 2.65. The molecular formula is C12H20BrN3. The predicted molar refractivity (Wildman–Crippen MR) is 68.6 cm³/mol. The van der Waals surface area contributed by atoms with E-state index in [0.29, 0.717) is 10.9 Å². The van der Waals surface area contributed by atoms with Crippen molar-refractivity contribution in [2.24, 2.45) is 11.8 Å². The fourth-order valence-corrected chi connectivity index (χ4v) is 2.98. The first kappa shape index (κ1) is 12.1. The van der Waals surface area contributed by atoms with E-state index in [1.807, 2.05) is 0 Å². The molecule has 0 bridgehead atoms. The van der Waals surface area contributed by atoms with Crippen molar-refractivity contribution in [1.82, 2.24) is 15.0 Å². The van der Waals surface area contributed by atoms with Crippen molar-refractivity contribution in [3.05, 3.63) is 11.9 Å². The van der Waals surface area contributed by atoms with Gasteiger partial charge < -0.3 is 0 Å². The zero-order chi connectivity index (χ0) is 11.7. The number of halogens is 1. The molecule has 3 atom stereocenters. The van der Waals surface area contributed by atoms with E-state index in [4.69, 9.17) is 0 Å². The Hall–Kier alpha value is -0.380. The monoisotopic (exact) mass is 285 g/mol. The summed E-state index contributed by atoms with van der Waals surface area (Å²) in [5.74, 6) is 1.62. The van der Waals surface area contributed by atoms with Gasteiger partial charge in [-0.3, -0.25) is 0 Å². The topological polar surface area (TPSA) is 30.7 Å². The molecule has 1 fully saturated rings. The first-order chi connectivity index (χ1) is 7.56. The lowest BCUT2D eigenvalue weighted by molar-refractivity contribution is 0.208. The highest BCUT2D eigenvalue weighted by molar-refractivity contribution is 9.09. The van der Waals surface area contributed by atoms with Gasteiger partial charge in [0.05, 0.1) is 16.6 Å². The summed E-state index contributed by atoms with van der Waals surface area (Å²) in [4.78, 5) is 0.291. The third-order valence-corrected chi connectivity index (χ3v) is 3.93. The number of hydrogen-bond donors (Lipinski definition) is 0. The lowest BCUT2D eigenvalue weighted by atomic mass is 9.80. The molecule has 0 saturated heterocycles. The second-order valence-electron chi connectivity index (χ2n) is 5.31. The molecule has 0 N–H and O–H groups in total. The SMILES string of the molecule is CC1CC(C)CC(n2cc(C(C)Br)nn2)C1. The fourth-order valence-electron chi connectivity index (χ4n) is 2.77. The van der Waals surface area contributed by atoms with E-state index in [1.165, 1.54) is 19.3 Å². The Labute approximate surface area is 106 Å². The van der Waals surface area contributed by atoms with Crippen LogP contribution in [0, 0.1) is 11.8 Å². The van der Waals surface area contributed by atoms with Gasteiger partial charge >= 0.3 is 0 Å². The van der Waals surface area contributed by atoms with Crippen LogP contribution in [0.5, 0.6) is 0 Å². The molecule has 1 heterocycles. The highest BCUT2D eigenvalue weighted by atomic mass is 79.9. The van der Waals surface area contributed by atoms with E-state index in [1.54, 1.807) is 0 Å². The minimum Gasteiger partial charge on any atom is -0.249 e. The molecule has 1 saturated carbocycles. The average Bonchev–Trinajstić information content (AvgIpc) is 2.64. The summed E-state index contributed by atoms with van der Waals surface area (Å²) in [7, 11) is 0. The minimum atomic E-state index is 0.291.